The Hall–Kier alpha value is -2.56. The minimum atomic E-state index is -0.499. The Bertz CT molecular complexity index is 624. The average Bonchev–Trinajstić information content (AvgIpc) is 2.50. The molecular weight excluding hydrogens is 278 g/mol. The van der Waals surface area contributed by atoms with Crippen LogP contribution in [0.1, 0.15) is 32.3 Å². The van der Waals surface area contributed by atoms with Crippen LogP contribution in [0, 0.1) is 0 Å². The maximum Gasteiger partial charge on any atom is 0.412 e. The summed E-state index contributed by atoms with van der Waals surface area (Å²) in [5.74, 6) is 0.891. The molecule has 0 aliphatic rings. The van der Waals surface area contributed by atoms with E-state index in [9.17, 15) is 4.79 Å². The maximum absolute atomic E-state index is 11.3. The van der Waals surface area contributed by atoms with Crippen LogP contribution < -0.4 is 10.6 Å². The standard InChI is InChI=1S/C17H21N3O2/c1-4-22-17(21)20-16-10-9-13(11-18-16)19-15-8-6-5-7-14(15)12(2)3/h5-12,19H,4H2,1-3H3,(H,18,20,21). The van der Waals surface area contributed by atoms with Crippen molar-refractivity contribution in [1.82, 2.24) is 4.98 Å². The van der Waals surface area contributed by atoms with Crippen LogP contribution in [0.15, 0.2) is 42.6 Å². The molecule has 1 aromatic heterocycles. The highest BCUT2D eigenvalue weighted by Crippen LogP contribution is 2.26. The molecule has 2 N–H and O–H groups in total. The van der Waals surface area contributed by atoms with Gasteiger partial charge in [-0.05, 0) is 36.6 Å². The predicted molar refractivity (Wildman–Crippen MR) is 88.7 cm³/mol. The summed E-state index contributed by atoms with van der Waals surface area (Å²) in [5, 5.41) is 5.92. The van der Waals surface area contributed by atoms with Gasteiger partial charge in [0.1, 0.15) is 5.82 Å². The minimum Gasteiger partial charge on any atom is -0.450 e. The molecule has 0 spiro atoms. The second kappa shape index (κ2) is 7.45. The van der Waals surface area contributed by atoms with Crippen molar-refractivity contribution in [2.75, 3.05) is 17.2 Å². The lowest BCUT2D eigenvalue weighted by atomic mass is 10.0. The van der Waals surface area contributed by atoms with E-state index in [0.717, 1.165) is 11.4 Å². The van der Waals surface area contributed by atoms with E-state index >= 15 is 0 Å². The van der Waals surface area contributed by atoms with Crippen molar-refractivity contribution in [2.24, 2.45) is 0 Å². The van der Waals surface area contributed by atoms with E-state index in [0.29, 0.717) is 18.3 Å². The molecule has 1 heterocycles. The first-order valence-corrected chi connectivity index (χ1v) is 7.36. The van der Waals surface area contributed by atoms with Crippen LogP contribution in [-0.2, 0) is 4.74 Å². The zero-order chi connectivity index (χ0) is 15.9. The number of aromatic nitrogens is 1. The molecule has 22 heavy (non-hydrogen) atoms. The van der Waals surface area contributed by atoms with Gasteiger partial charge in [-0.2, -0.15) is 0 Å². The summed E-state index contributed by atoms with van der Waals surface area (Å²) in [6.07, 6.45) is 1.18. The third-order valence-electron chi connectivity index (χ3n) is 3.13. The number of hydrogen-bond acceptors (Lipinski definition) is 4. The summed E-state index contributed by atoms with van der Waals surface area (Å²) in [7, 11) is 0. The fourth-order valence-corrected chi connectivity index (χ4v) is 2.08. The first kappa shape index (κ1) is 15.8. The summed E-state index contributed by atoms with van der Waals surface area (Å²) in [5.41, 5.74) is 3.17. The molecule has 0 aliphatic heterocycles. The second-order valence-electron chi connectivity index (χ2n) is 5.14. The molecule has 5 heteroatoms. The SMILES string of the molecule is CCOC(=O)Nc1ccc(Nc2ccccc2C(C)C)cn1. The fourth-order valence-electron chi connectivity index (χ4n) is 2.08. The molecule has 2 aromatic rings. The van der Waals surface area contributed by atoms with Gasteiger partial charge in [-0.3, -0.25) is 5.32 Å². The van der Waals surface area contributed by atoms with Gasteiger partial charge in [0.25, 0.3) is 0 Å². The molecule has 0 saturated carbocycles. The number of nitrogens with one attached hydrogen (secondary N) is 2. The highest BCUT2D eigenvalue weighted by molar-refractivity contribution is 5.83. The topological polar surface area (TPSA) is 63.2 Å². The molecule has 0 saturated heterocycles. The van der Waals surface area contributed by atoms with Crippen molar-refractivity contribution in [3.05, 3.63) is 48.2 Å². The van der Waals surface area contributed by atoms with E-state index in [2.05, 4.69) is 35.5 Å². The number of carbonyl (C=O) groups excluding carboxylic acids is 1. The van der Waals surface area contributed by atoms with E-state index in [1.807, 2.05) is 24.3 Å². The van der Waals surface area contributed by atoms with Gasteiger partial charge in [-0.1, -0.05) is 32.0 Å². The first-order chi connectivity index (χ1) is 10.6. The van der Waals surface area contributed by atoms with Gasteiger partial charge >= 0.3 is 6.09 Å². The number of carbonyl (C=O) groups is 1. The quantitative estimate of drug-likeness (QED) is 0.852. The number of anilines is 3. The van der Waals surface area contributed by atoms with Crippen LogP contribution in [0.5, 0.6) is 0 Å². The molecule has 116 valence electrons. The lowest BCUT2D eigenvalue weighted by Crippen LogP contribution is -2.14. The zero-order valence-corrected chi connectivity index (χ0v) is 13.1. The summed E-state index contributed by atoms with van der Waals surface area (Å²) >= 11 is 0. The number of benzene rings is 1. The van der Waals surface area contributed by atoms with Crippen molar-refractivity contribution in [3.8, 4) is 0 Å². The number of ether oxygens (including phenoxy) is 1. The Labute approximate surface area is 130 Å². The van der Waals surface area contributed by atoms with Gasteiger partial charge in [0.05, 0.1) is 18.5 Å². The van der Waals surface area contributed by atoms with Crippen molar-refractivity contribution in [1.29, 1.82) is 0 Å². The number of hydrogen-bond donors (Lipinski definition) is 2. The van der Waals surface area contributed by atoms with Gasteiger partial charge in [0.15, 0.2) is 0 Å². The van der Waals surface area contributed by atoms with E-state index < -0.39 is 6.09 Å². The molecular formula is C17H21N3O2. The van der Waals surface area contributed by atoms with Gasteiger partial charge in [-0.25, -0.2) is 9.78 Å². The van der Waals surface area contributed by atoms with E-state index in [-0.39, 0.29) is 0 Å². The highest BCUT2D eigenvalue weighted by atomic mass is 16.5. The molecule has 2 rings (SSSR count). The first-order valence-electron chi connectivity index (χ1n) is 7.36. The van der Waals surface area contributed by atoms with Crippen LogP contribution in [-0.4, -0.2) is 17.7 Å². The predicted octanol–water partition coefficient (Wildman–Crippen LogP) is 4.52. The van der Waals surface area contributed by atoms with E-state index in [4.69, 9.17) is 4.74 Å². The number of pyridine rings is 1. The molecule has 1 aromatic carbocycles. The Morgan fingerprint density at radius 3 is 2.64 bits per heavy atom. The molecule has 0 bridgehead atoms. The van der Waals surface area contributed by atoms with Crippen molar-refractivity contribution in [2.45, 2.75) is 26.7 Å². The van der Waals surface area contributed by atoms with Crippen LogP contribution >= 0.6 is 0 Å². The largest absolute Gasteiger partial charge is 0.450 e. The highest BCUT2D eigenvalue weighted by Gasteiger charge is 2.07. The summed E-state index contributed by atoms with van der Waals surface area (Å²) in [4.78, 5) is 15.5. The summed E-state index contributed by atoms with van der Waals surface area (Å²) < 4.78 is 4.81. The Balaban J connectivity index is 2.07. The molecule has 0 radical (unpaired) electrons. The lowest BCUT2D eigenvalue weighted by Gasteiger charge is -2.14. The molecule has 0 atom stereocenters. The molecule has 0 unspecified atom stereocenters. The Morgan fingerprint density at radius 1 is 1.23 bits per heavy atom. The number of para-hydroxylation sites is 1. The van der Waals surface area contributed by atoms with Crippen molar-refractivity contribution < 1.29 is 9.53 Å². The third kappa shape index (κ3) is 4.22. The van der Waals surface area contributed by atoms with E-state index in [1.54, 1.807) is 19.2 Å². The van der Waals surface area contributed by atoms with Gasteiger partial charge < -0.3 is 10.1 Å². The molecule has 0 aliphatic carbocycles. The minimum absolute atomic E-state index is 0.331. The number of amides is 1. The fraction of sp³-hybridized carbons (Fsp3) is 0.294. The normalized spacial score (nSPS) is 10.4. The van der Waals surface area contributed by atoms with Crippen LogP contribution in [0.2, 0.25) is 0 Å². The van der Waals surface area contributed by atoms with Crippen LogP contribution in [0.25, 0.3) is 0 Å². The van der Waals surface area contributed by atoms with Gasteiger partial charge in [0, 0.05) is 5.69 Å². The number of rotatable bonds is 5. The molecule has 1 amide bonds. The van der Waals surface area contributed by atoms with Gasteiger partial charge in [0.2, 0.25) is 0 Å². The molecule has 0 fully saturated rings. The number of nitrogens with zero attached hydrogens (tertiary/aromatic N) is 1. The van der Waals surface area contributed by atoms with E-state index in [1.165, 1.54) is 5.56 Å². The Morgan fingerprint density at radius 2 is 2.00 bits per heavy atom. The lowest BCUT2D eigenvalue weighted by molar-refractivity contribution is 0.168. The van der Waals surface area contributed by atoms with Crippen molar-refractivity contribution in [3.63, 3.8) is 0 Å². The maximum atomic E-state index is 11.3. The smallest absolute Gasteiger partial charge is 0.412 e. The van der Waals surface area contributed by atoms with Crippen molar-refractivity contribution >= 4 is 23.3 Å². The van der Waals surface area contributed by atoms with Crippen LogP contribution in [0.4, 0.5) is 22.0 Å². The average molecular weight is 299 g/mol. The van der Waals surface area contributed by atoms with Crippen LogP contribution in [0.3, 0.4) is 0 Å². The zero-order valence-electron chi connectivity index (χ0n) is 13.1. The third-order valence-corrected chi connectivity index (χ3v) is 3.13. The summed E-state index contributed by atoms with van der Waals surface area (Å²) in [6.45, 7) is 6.40. The summed E-state index contributed by atoms with van der Waals surface area (Å²) in [6, 6.07) is 11.8. The molecule has 5 nitrogen and oxygen atoms in total. The van der Waals surface area contributed by atoms with Gasteiger partial charge in [-0.15, -0.1) is 0 Å². The second-order valence-corrected chi connectivity index (χ2v) is 5.14. The Kier molecular flexibility index (Phi) is 5.36. The monoisotopic (exact) mass is 299 g/mol.